The lowest BCUT2D eigenvalue weighted by atomic mass is 10.00. The normalized spacial score (nSPS) is 18.7. The zero-order valence-electron chi connectivity index (χ0n) is 17.2. The molecule has 0 spiro atoms. The van der Waals surface area contributed by atoms with Gasteiger partial charge in [0.2, 0.25) is 0 Å². The van der Waals surface area contributed by atoms with Gasteiger partial charge in [0, 0.05) is 32.2 Å². The maximum Gasteiger partial charge on any atom is 0.276 e. The number of hydrogen-bond donors (Lipinski definition) is 1. The van der Waals surface area contributed by atoms with Gasteiger partial charge >= 0.3 is 0 Å². The number of ether oxygens (including phenoxy) is 2. The summed E-state index contributed by atoms with van der Waals surface area (Å²) in [5, 5.41) is 4.70. The predicted molar refractivity (Wildman–Crippen MR) is 111 cm³/mol. The van der Waals surface area contributed by atoms with E-state index in [1.54, 1.807) is 10.7 Å². The number of aryl methyl sites for hydroxylation is 1. The second kappa shape index (κ2) is 8.29. The van der Waals surface area contributed by atoms with Crippen molar-refractivity contribution in [2.75, 3.05) is 26.3 Å². The third-order valence-corrected chi connectivity index (χ3v) is 5.97. The number of likely N-dealkylation sites (tertiary alicyclic amines) is 1. The molecule has 2 saturated heterocycles. The van der Waals surface area contributed by atoms with Crippen molar-refractivity contribution >= 4 is 5.52 Å². The van der Waals surface area contributed by atoms with Gasteiger partial charge in [-0.1, -0.05) is 29.8 Å². The number of nitrogens with zero attached hydrogens (tertiary/aromatic N) is 4. The van der Waals surface area contributed by atoms with E-state index in [0.717, 1.165) is 45.0 Å². The molecule has 1 aromatic carbocycles. The van der Waals surface area contributed by atoms with Gasteiger partial charge < -0.3 is 14.5 Å². The number of rotatable bonds is 6. The SMILES string of the molecule is Cc1ccc(COC2CN(Cc3nn4c(C5CCOCC5)ncc4c(=O)[nH]3)C2)cc1. The highest BCUT2D eigenvalue weighted by Gasteiger charge is 2.28. The van der Waals surface area contributed by atoms with Crippen LogP contribution in [0.25, 0.3) is 5.52 Å². The minimum atomic E-state index is -0.140. The minimum Gasteiger partial charge on any atom is -0.381 e. The molecular formula is C22H27N5O3. The fourth-order valence-electron chi connectivity index (χ4n) is 4.13. The third kappa shape index (κ3) is 4.03. The molecule has 1 N–H and O–H groups in total. The smallest absolute Gasteiger partial charge is 0.276 e. The van der Waals surface area contributed by atoms with E-state index < -0.39 is 0 Å². The molecule has 0 unspecified atom stereocenters. The van der Waals surface area contributed by atoms with E-state index in [-0.39, 0.29) is 17.6 Å². The van der Waals surface area contributed by atoms with E-state index in [1.807, 2.05) is 0 Å². The van der Waals surface area contributed by atoms with Crippen LogP contribution in [0.15, 0.2) is 35.3 Å². The summed E-state index contributed by atoms with van der Waals surface area (Å²) in [6.07, 6.45) is 3.66. The average Bonchev–Trinajstić information content (AvgIpc) is 3.16. The standard InChI is InChI=1S/C22H27N5O3/c1-15-2-4-16(5-3-15)14-30-18-11-26(12-18)13-20-24-22(28)19-10-23-21(27(19)25-20)17-6-8-29-9-7-17/h2-5,10,17-18H,6-9,11-14H2,1H3,(H,24,25,28). The van der Waals surface area contributed by atoms with E-state index in [1.165, 1.54) is 11.1 Å². The van der Waals surface area contributed by atoms with Crippen LogP contribution in [0.5, 0.6) is 0 Å². The molecule has 158 valence electrons. The highest BCUT2D eigenvalue weighted by Crippen LogP contribution is 2.25. The summed E-state index contributed by atoms with van der Waals surface area (Å²) in [5.74, 6) is 1.81. The first-order valence-corrected chi connectivity index (χ1v) is 10.6. The predicted octanol–water partition coefficient (Wildman–Crippen LogP) is 2.02. The summed E-state index contributed by atoms with van der Waals surface area (Å²) >= 11 is 0. The summed E-state index contributed by atoms with van der Waals surface area (Å²) in [7, 11) is 0. The van der Waals surface area contributed by atoms with Crippen molar-refractivity contribution in [3.05, 3.63) is 63.6 Å². The first-order valence-electron chi connectivity index (χ1n) is 10.6. The van der Waals surface area contributed by atoms with Gasteiger partial charge in [-0.3, -0.25) is 9.69 Å². The second-order valence-corrected chi connectivity index (χ2v) is 8.31. The Morgan fingerprint density at radius 2 is 1.97 bits per heavy atom. The highest BCUT2D eigenvalue weighted by molar-refractivity contribution is 5.42. The zero-order chi connectivity index (χ0) is 20.5. The number of aromatic nitrogens is 4. The Kier molecular flexibility index (Phi) is 5.37. The summed E-state index contributed by atoms with van der Waals surface area (Å²) in [6.45, 7) is 6.44. The van der Waals surface area contributed by atoms with Crippen molar-refractivity contribution in [3.8, 4) is 0 Å². The van der Waals surface area contributed by atoms with Crippen molar-refractivity contribution in [2.45, 2.75) is 44.9 Å². The van der Waals surface area contributed by atoms with Gasteiger partial charge in [0.25, 0.3) is 5.56 Å². The molecule has 0 amide bonds. The molecule has 0 saturated carbocycles. The molecule has 3 aromatic rings. The second-order valence-electron chi connectivity index (χ2n) is 8.31. The number of benzene rings is 1. The first kappa shape index (κ1) is 19.4. The Hall–Kier alpha value is -2.55. The number of imidazole rings is 1. The largest absolute Gasteiger partial charge is 0.381 e. The molecule has 5 rings (SSSR count). The molecule has 2 aliphatic heterocycles. The van der Waals surface area contributed by atoms with E-state index in [2.05, 4.69) is 46.1 Å². The first-order chi connectivity index (χ1) is 14.7. The van der Waals surface area contributed by atoms with Crippen LogP contribution in [-0.4, -0.2) is 56.9 Å². The van der Waals surface area contributed by atoms with Crippen LogP contribution in [0.4, 0.5) is 0 Å². The van der Waals surface area contributed by atoms with Crippen molar-refractivity contribution in [3.63, 3.8) is 0 Å². The van der Waals surface area contributed by atoms with Gasteiger partial charge in [0.15, 0.2) is 5.52 Å². The maximum absolute atomic E-state index is 12.5. The number of nitrogens with one attached hydrogen (secondary N) is 1. The Bertz CT molecular complexity index is 1060. The van der Waals surface area contributed by atoms with Crippen molar-refractivity contribution in [2.24, 2.45) is 0 Å². The maximum atomic E-state index is 12.5. The van der Waals surface area contributed by atoms with E-state index >= 15 is 0 Å². The van der Waals surface area contributed by atoms with Gasteiger partial charge in [-0.05, 0) is 25.3 Å². The third-order valence-electron chi connectivity index (χ3n) is 5.97. The Morgan fingerprint density at radius 3 is 2.73 bits per heavy atom. The molecule has 0 atom stereocenters. The minimum absolute atomic E-state index is 0.140. The molecule has 0 bridgehead atoms. The van der Waals surface area contributed by atoms with Crippen LogP contribution < -0.4 is 5.56 Å². The number of H-pyrrole nitrogens is 1. The molecular weight excluding hydrogens is 382 g/mol. The highest BCUT2D eigenvalue weighted by atomic mass is 16.5. The molecule has 0 radical (unpaired) electrons. The quantitative estimate of drug-likeness (QED) is 0.671. The van der Waals surface area contributed by atoms with Gasteiger partial charge in [-0.15, -0.1) is 0 Å². The van der Waals surface area contributed by atoms with Crippen LogP contribution in [0.3, 0.4) is 0 Å². The molecule has 4 heterocycles. The van der Waals surface area contributed by atoms with E-state index in [0.29, 0.717) is 24.5 Å². The molecule has 2 aliphatic rings. The van der Waals surface area contributed by atoms with Crippen LogP contribution >= 0.6 is 0 Å². The average molecular weight is 409 g/mol. The molecule has 0 aliphatic carbocycles. The van der Waals surface area contributed by atoms with E-state index in [9.17, 15) is 4.79 Å². The summed E-state index contributed by atoms with van der Waals surface area (Å²) in [5.41, 5.74) is 2.81. The molecule has 2 fully saturated rings. The number of aromatic amines is 1. The van der Waals surface area contributed by atoms with Gasteiger partial charge in [0.1, 0.15) is 11.6 Å². The summed E-state index contributed by atoms with van der Waals surface area (Å²) in [4.78, 5) is 22.1. The Balaban J connectivity index is 1.21. The molecule has 30 heavy (non-hydrogen) atoms. The zero-order valence-corrected chi connectivity index (χ0v) is 17.2. The lowest BCUT2D eigenvalue weighted by Gasteiger charge is -2.38. The lowest BCUT2D eigenvalue weighted by Crippen LogP contribution is -2.51. The van der Waals surface area contributed by atoms with Crippen LogP contribution in [0.2, 0.25) is 0 Å². The lowest BCUT2D eigenvalue weighted by molar-refractivity contribution is -0.0668. The van der Waals surface area contributed by atoms with Crippen LogP contribution in [0, 0.1) is 6.92 Å². The van der Waals surface area contributed by atoms with Crippen molar-refractivity contribution < 1.29 is 9.47 Å². The Labute approximate surface area is 174 Å². The summed E-state index contributed by atoms with van der Waals surface area (Å²) < 4.78 is 13.2. The van der Waals surface area contributed by atoms with Crippen LogP contribution in [-0.2, 0) is 22.6 Å². The molecule has 8 heteroatoms. The molecule has 2 aromatic heterocycles. The fourth-order valence-corrected chi connectivity index (χ4v) is 4.13. The monoisotopic (exact) mass is 409 g/mol. The van der Waals surface area contributed by atoms with Crippen molar-refractivity contribution in [1.29, 1.82) is 0 Å². The van der Waals surface area contributed by atoms with E-state index in [4.69, 9.17) is 14.6 Å². The Morgan fingerprint density at radius 1 is 1.20 bits per heavy atom. The van der Waals surface area contributed by atoms with Crippen molar-refractivity contribution in [1.82, 2.24) is 24.5 Å². The molecule has 8 nitrogen and oxygen atoms in total. The number of hydrogen-bond acceptors (Lipinski definition) is 6. The van der Waals surface area contributed by atoms with Gasteiger partial charge in [-0.25, -0.2) is 9.50 Å². The van der Waals surface area contributed by atoms with Gasteiger partial charge in [0.05, 0.1) is 25.5 Å². The number of fused-ring (bicyclic) bond motifs is 1. The summed E-state index contributed by atoms with van der Waals surface area (Å²) in [6, 6.07) is 8.43. The van der Waals surface area contributed by atoms with Crippen LogP contribution in [0.1, 0.15) is 41.5 Å². The fraction of sp³-hybridized carbons (Fsp3) is 0.500. The topological polar surface area (TPSA) is 84.8 Å². The van der Waals surface area contributed by atoms with Gasteiger partial charge in [-0.2, -0.15) is 5.10 Å².